The van der Waals surface area contributed by atoms with Crippen LogP contribution in [0.5, 0.6) is 5.75 Å². The molecule has 1 aromatic carbocycles. The number of ether oxygens (including phenoxy) is 1. The molecule has 0 aliphatic rings. The average Bonchev–Trinajstić information content (AvgIpc) is 2.93. The van der Waals surface area contributed by atoms with Gasteiger partial charge in [0.1, 0.15) is 11.6 Å². The van der Waals surface area contributed by atoms with Crippen molar-refractivity contribution in [1.29, 1.82) is 0 Å². The lowest BCUT2D eigenvalue weighted by Crippen LogP contribution is -2.43. The lowest BCUT2D eigenvalue weighted by Gasteiger charge is -2.08. The van der Waals surface area contributed by atoms with Crippen molar-refractivity contribution in [1.82, 2.24) is 10.9 Å². The summed E-state index contributed by atoms with van der Waals surface area (Å²) in [5, 5.41) is 0. The number of hydrazine groups is 1. The van der Waals surface area contributed by atoms with Gasteiger partial charge in [-0.15, -0.1) is 11.3 Å². The number of hydrogen-bond donors (Lipinski definition) is 2. The minimum atomic E-state index is -0.508. The Balaban J connectivity index is 1.79. The molecular weight excluding hydrogens is 319 g/mol. The molecule has 0 bridgehead atoms. The molecule has 1 aromatic heterocycles. The largest absolute Gasteiger partial charge is 0.484 e. The van der Waals surface area contributed by atoms with Crippen molar-refractivity contribution in [3.8, 4) is 5.75 Å². The highest BCUT2D eigenvalue weighted by Gasteiger charge is 2.12. The van der Waals surface area contributed by atoms with Crippen LogP contribution in [0.3, 0.4) is 0 Å². The summed E-state index contributed by atoms with van der Waals surface area (Å²) in [5.41, 5.74) is 5.68. The number of carbonyl (C=O) groups is 2. The van der Waals surface area contributed by atoms with Crippen molar-refractivity contribution in [2.45, 2.75) is 20.3 Å². The van der Waals surface area contributed by atoms with Crippen molar-refractivity contribution in [3.05, 3.63) is 51.5 Å². The smallest absolute Gasteiger partial charge is 0.279 e. The Hall–Kier alpha value is -2.41. The van der Waals surface area contributed by atoms with Crippen LogP contribution < -0.4 is 15.6 Å². The fourth-order valence-electron chi connectivity index (χ4n) is 1.89. The van der Waals surface area contributed by atoms with Gasteiger partial charge in [-0.2, -0.15) is 0 Å². The summed E-state index contributed by atoms with van der Waals surface area (Å²) in [7, 11) is 0. The summed E-state index contributed by atoms with van der Waals surface area (Å²) in [6, 6.07) is 7.10. The molecular formula is C16H17FN2O3S. The van der Waals surface area contributed by atoms with Crippen LogP contribution in [0.2, 0.25) is 0 Å². The van der Waals surface area contributed by atoms with Crippen LogP contribution in [0.1, 0.15) is 27.0 Å². The summed E-state index contributed by atoms with van der Waals surface area (Å²) in [6.07, 6.45) is 0.863. The van der Waals surface area contributed by atoms with E-state index in [1.165, 1.54) is 35.6 Å². The number of benzene rings is 1. The molecule has 0 atom stereocenters. The standard InChI is InChI=1S/C16H17FN2O3S/c1-3-13-10(2)8-14(23-13)16(21)19-18-15(20)9-22-12-6-4-11(17)5-7-12/h4-8H,3,9H2,1-2H3,(H,18,20)(H,19,21). The highest BCUT2D eigenvalue weighted by Crippen LogP contribution is 2.21. The van der Waals surface area contributed by atoms with Crippen molar-refractivity contribution >= 4 is 23.2 Å². The molecule has 0 aliphatic heterocycles. The molecule has 0 fully saturated rings. The molecule has 0 saturated carbocycles. The van der Waals surface area contributed by atoms with Gasteiger partial charge in [-0.1, -0.05) is 6.92 Å². The van der Waals surface area contributed by atoms with E-state index in [2.05, 4.69) is 10.9 Å². The molecule has 7 heteroatoms. The first-order chi connectivity index (χ1) is 11.0. The van der Waals surface area contributed by atoms with Crippen molar-refractivity contribution in [2.24, 2.45) is 0 Å². The van der Waals surface area contributed by atoms with Crippen molar-refractivity contribution < 1.29 is 18.7 Å². The number of rotatable bonds is 5. The van der Waals surface area contributed by atoms with Gasteiger partial charge in [0, 0.05) is 4.88 Å². The fourth-order valence-corrected chi connectivity index (χ4v) is 2.90. The van der Waals surface area contributed by atoms with Crippen LogP contribution in [-0.2, 0) is 11.2 Å². The number of thiophene rings is 1. The molecule has 0 unspecified atom stereocenters. The molecule has 2 N–H and O–H groups in total. The third kappa shape index (κ3) is 4.79. The first kappa shape index (κ1) is 17.0. The van der Waals surface area contributed by atoms with E-state index in [1.807, 2.05) is 13.8 Å². The molecule has 5 nitrogen and oxygen atoms in total. The van der Waals surface area contributed by atoms with Gasteiger partial charge in [0.25, 0.3) is 11.8 Å². The van der Waals surface area contributed by atoms with Crippen molar-refractivity contribution in [3.63, 3.8) is 0 Å². The number of hydrogen-bond acceptors (Lipinski definition) is 4. The van der Waals surface area contributed by atoms with Gasteiger partial charge in [0.15, 0.2) is 6.61 Å². The summed E-state index contributed by atoms with van der Waals surface area (Å²) in [4.78, 5) is 25.3. The van der Waals surface area contributed by atoms with Crippen LogP contribution in [-0.4, -0.2) is 18.4 Å². The zero-order valence-corrected chi connectivity index (χ0v) is 13.6. The molecule has 0 radical (unpaired) electrons. The molecule has 0 saturated heterocycles. The van der Waals surface area contributed by atoms with E-state index >= 15 is 0 Å². The van der Waals surface area contributed by atoms with Crippen LogP contribution in [0.4, 0.5) is 4.39 Å². The van der Waals surface area contributed by atoms with E-state index in [0.29, 0.717) is 10.6 Å². The summed E-state index contributed by atoms with van der Waals surface area (Å²) >= 11 is 1.40. The zero-order chi connectivity index (χ0) is 16.8. The van der Waals surface area contributed by atoms with Gasteiger partial charge >= 0.3 is 0 Å². The lowest BCUT2D eigenvalue weighted by atomic mass is 10.2. The lowest BCUT2D eigenvalue weighted by molar-refractivity contribution is -0.123. The van der Waals surface area contributed by atoms with Crippen LogP contribution in [0.25, 0.3) is 0 Å². The number of nitrogens with one attached hydrogen (secondary N) is 2. The molecule has 1 heterocycles. The minimum absolute atomic E-state index is 0.282. The van der Waals surface area contributed by atoms with Crippen molar-refractivity contribution in [2.75, 3.05) is 6.61 Å². The third-order valence-corrected chi connectivity index (χ3v) is 4.44. The second-order valence-corrected chi connectivity index (χ2v) is 5.95. The molecule has 2 rings (SSSR count). The molecule has 2 amide bonds. The Morgan fingerprint density at radius 3 is 2.52 bits per heavy atom. The number of amides is 2. The number of aryl methyl sites for hydroxylation is 2. The zero-order valence-electron chi connectivity index (χ0n) is 12.8. The summed E-state index contributed by atoms with van der Waals surface area (Å²) in [6.45, 7) is 3.69. The molecule has 2 aromatic rings. The van der Waals surface area contributed by atoms with Gasteiger partial charge < -0.3 is 4.74 Å². The van der Waals surface area contributed by atoms with E-state index in [1.54, 1.807) is 6.07 Å². The minimum Gasteiger partial charge on any atom is -0.484 e. The summed E-state index contributed by atoms with van der Waals surface area (Å²) in [5.74, 6) is -0.888. The van der Waals surface area contributed by atoms with Gasteiger partial charge in [0.05, 0.1) is 4.88 Å². The van der Waals surface area contributed by atoms with Crippen LogP contribution in [0, 0.1) is 12.7 Å². The molecule has 122 valence electrons. The van der Waals surface area contributed by atoms with E-state index in [-0.39, 0.29) is 18.3 Å². The maximum Gasteiger partial charge on any atom is 0.279 e. The summed E-state index contributed by atoms with van der Waals surface area (Å²) < 4.78 is 17.9. The highest BCUT2D eigenvalue weighted by atomic mass is 32.1. The predicted molar refractivity (Wildman–Crippen MR) is 85.9 cm³/mol. The first-order valence-electron chi connectivity index (χ1n) is 7.06. The predicted octanol–water partition coefficient (Wildman–Crippen LogP) is 2.60. The Labute approximate surface area is 137 Å². The van der Waals surface area contributed by atoms with Gasteiger partial charge in [-0.25, -0.2) is 4.39 Å². The highest BCUT2D eigenvalue weighted by molar-refractivity contribution is 7.14. The van der Waals surface area contributed by atoms with E-state index in [4.69, 9.17) is 4.74 Å². The first-order valence-corrected chi connectivity index (χ1v) is 7.88. The Bertz CT molecular complexity index is 698. The van der Waals surface area contributed by atoms with E-state index < -0.39 is 5.91 Å². The van der Waals surface area contributed by atoms with Gasteiger partial charge in [0.2, 0.25) is 0 Å². The monoisotopic (exact) mass is 336 g/mol. The topological polar surface area (TPSA) is 67.4 Å². The second kappa shape index (κ2) is 7.73. The number of halogens is 1. The maximum absolute atomic E-state index is 12.7. The van der Waals surface area contributed by atoms with E-state index in [9.17, 15) is 14.0 Å². The molecule has 0 aliphatic carbocycles. The van der Waals surface area contributed by atoms with Crippen LogP contribution >= 0.6 is 11.3 Å². The third-order valence-electron chi connectivity index (χ3n) is 3.06. The van der Waals surface area contributed by atoms with Gasteiger partial charge in [-0.05, 0) is 49.2 Å². The molecule has 0 spiro atoms. The van der Waals surface area contributed by atoms with E-state index in [0.717, 1.165) is 16.9 Å². The van der Waals surface area contributed by atoms with Gasteiger partial charge in [-0.3, -0.25) is 20.4 Å². The molecule has 23 heavy (non-hydrogen) atoms. The Morgan fingerprint density at radius 2 is 1.91 bits per heavy atom. The Morgan fingerprint density at radius 1 is 1.22 bits per heavy atom. The second-order valence-electron chi connectivity index (χ2n) is 4.82. The Kier molecular flexibility index (Phi) is 5.70. The average molecular weight is 336 g/mol. The van der Waals surface area contributed by atoms with Crippen LogP contribution in [0.15, 0.2) is 30.3 Å². The quantitative estimate of drug-likeness (QED) is 0.825. The fraction of sp³-hybridized carbons (Fsp3) is 0.250. The SMILES string of the molecule is CCc1sc(C(=O)NNC(=O)COc2ccc(F)cc2)cc1C. The maximum atomic E-state index is 12.7. The number of carbonyl (C=O) groups excluding carboxylic acids is 2. The normalized spacial score (nSPS) is 10.2.